The van der Waals surface area contributed by atoms with Gasteiger partial charge in [0.1, 0.15) is 6.61 Å². The summed E-state index contributed by atoms with van der Waals surface area (Å²) in [5, 5.41) is 2.33. The fraction of sp³-hybridized carbons (Fsp3) is 0.667. The van der Waals surface area contributed by atoms with Crippen LogP contribution in [0, 0.1) is 0 Å². The van der Waals surface area contributed by atoms with Crippen molar-refractivity contribution in [2.45, 2.75) is 25.1 Å². The van der Waals surface area contributed by atoms with E-state index in [1.165, 1.54) is 7.05 Å². The van der Waals surface area contributed by atoms with Crippen LogP contribution in [-0.4, -0.2) is 48.9 Å². The highest BCUT2D eigenvalue weighted by Crippen LogP contribution is 2.40. The van der Waals surface area contributed by atoms with Gasteiger partial charge >= 0.3 is 6.18 Å². The molecule has 3 rings (SSSR count). The van der Waals surface area contributed by atoms with E-state index in [0.29, 0.717) is 5.82 Å². The van der Waals surface area contributed by atoms with Crippen LogP contribution in [0.25, 0.3) is 0 Å². The molecule has 22 heavy (non-hydrogen) atoms. The molecule has 0 aromatic carbocycles. The third kappa shape index (κ3) is 3.26. The molecule has 0 radical (unpaired) electrons. The summed E-state index contributed by atoms with van der Waals surface area (Å²) >= 11 is 0. The summed E-state index contributed by atoms with van der Waals surface area (Å²) in [5.74, 6) is 0.664. The monoisotopic (exact) mass is 320 g/mol. The summed E-state index contributed by atoms with van der Waals surface area (Å²) in [7, 11) is 1.50. The topological polar surface area (TPSA) is 102 Å². The molecule has 0 saturated carbocycles. The maximum Gasteiger partial charge on any atom is 0.411 e. The van der Waals surface area contributed by atoms with E-state index < -0.39 is 18.8 Å². The second kappa shape index (κ2) is 6.42. The van der Waals surface area contributed by atoms with E-state index in [4.69, 9.17) is 10.5 Å². The first kappa shape index (κ1) is 16.4. The summed E-state index contributed by atoms with van der Waals surface area (Å²) in [6, 6.07) is -1.78. The Kier molecular flexibility index (Phi) is 4.79. The molecular weight excluding hydrogens is 301 g/mol. The molecule has 1 fully saturated rings. The highest BCUT2D eigenvalue weighted by molar-refractivity contribution is 5.68. The lowest BCUT2D eigenvalue weighted by atomic mass is 10.2. The first-order chi connectivity index (χ1) is 10.4. The normalized spacial score (nSPS) is 20.4. The van der Waals surface area contributed by atoms with Crippen molar-refractivity contribution in [1.29, 1.82) is 0 Å². The predicted molar refractivity (Wildman–Crippen MR) is 77.0 cm³/mol. The van der Waals surface area contributed by atoms with Crippen molar-refractivity contribution in [1.82, 2.24) is 9.97 Å². The van der Waals surface area contributed by atoms with Crippen LogP contribution in [0.3, 0.4) is 0 Å². The van der Waals surface area contributed by atoms with Gasteiger partial charge < -0.3 is 26.4 Å². The average Bonchev–Trinajstić information content (AvgIpc) is 3.01. The molecule has 2 aliphatic rings. The number of hydrogen-bond donors (Lipinski definition) is 3. The quantitative estimate of drug-likeness (QED) is 0.708. The number of anilines is 3. The molecule has 0 aliphatic carbocycles. The number of nitrogens with zero attached hydrogens (tertiary/aromatic N) is 3. The molecule has 7 nitrogen and oxygen atoms in total. The third-order valence-corrected chi connectivity index (χ3v) is 3.37. The zero-order valence-electron chi connectivity index (χ0n) is 12.2. The van der Waals surface area contributed by atoms with Gasteiger partial charge in [-0.1, -0.05) is 0 Å². The Bertz CT molecular complexity index is 518. The molecule has 1 atom stereocenters. The number of nitrogens with two attached hydrogens (primary N) is 2. The van der Waals surface area contributed by atoms with Crippen LogP contribution < -0.4 is 26.4 Å². The van der Waals surface area contributed by atoms with E-state index in [1.807, 2.05) is 4.90 Å². The number of rotatable bonds is 1. The number of hydrogen-bond acceptors (Lipinski definition) is 7. The van der Waals surface area contributed by atoms with Crippen molar-refractivity contribution in [2.75, 3.05) is 42.7 Å². The number of aromatic nitrogens is 2. The largest absolute Gasteiger partial charge is 0.484 e. The molecule has 0 spiro atoms. The summed E-state index contributed by atoms with van der Waals surface area (Å²) in [5.41, 5.74) is 10.1. The van der Waals surface area contributed by atoms with E-state index >= 15 is 0 Å². The lowest BCUT2D eigenvalue weighted by Crippen LogP contribution is -2.44. The Morgan fingerprint density at radius 2 is 1.86 bits per heavy atom. The van der Waals surface area contributed by atoms with Crippen molar-refractivity contribution < 1.29 is 17.9 Å². The Hall–Kier alpha value is -1.97. The maximum atomic E-state index is 12.7. The zero-order chi connectivity index (χ0) is 16.3. The van der Waals surface area contributed by atoms with Crippen molar-refractivity contribution in [2.24, 2.45) is 5.73 Å². The van der Waals surface area contributed by atoms with Gasteiger partial charge in [0.25, 0.3) is 0 Å². The van der Waals surface area contributed by atoms with E-state index in [2.05, 4.69) is 21.0 Å². The fourth-order valence-electron chi connectivity index (χ4n) is 2.38. The van der Waals surface area contributed by atoms with E-state index in [9.17, 15) is 13.2 Å². The van der Waals surface area contributed by atoms with Gasteiger partial charge in [-0.15, -0.1) is 0 Å². The molecule has 1 unspecified atom stereocenters. The third-order valence-electron chi connectivity index (χ3n) is 3.37. The fourth-order valence-corrected chi connectivity index (χ4v) is 2.38. The lowest BCUT2D eigenvalue weighted by Gasteiger charge is -2.30. The van der Waals surface area contributed by atoms with Crippen molar-refractivity contribution in [3.63, 3.8) is 0 Å². The number of fused-ring (bicyclic) bond motifs is 1. The van der Waals surface area contributed by atoms with Crippen LogP contribution in [0.5, 0.6) is 5.75 Å². The van der Waals surface area contributed by atoms with Crippen molar-refractivity contribution in [3.05, 3.63) is 0 Å². The van der Waals surface area contributed by atoms with Gasteiger partial charge in [0.2, 0.25) is 11.7 Å². The molecule has 124 valence electrons. The standard InChI is InChI=1S/C11H14F3N5O.CH5N/c12-11(13,14)6-5-20-7-8(16-6)17-10(15)18-9(7)19-3-1-2-4-19;1-2/h6H,1-5H2,(H3,15,16,17,18);2H2,1H3. The smallest absolute Gasteiger partial charge is 0.411 e. The minimum atomic E-state index is -4.40. The number of ether oxygens (including phenoxy) is 1. The Balaban J connectivity index is 0.000000847. The first-order valence-corrected chi connectivity index (χ1v) is 6.91. The van der Waals surface area contributed by atoms with E-state index in [1.54, 1.807) is 0 Å². The lowest BCUT2D eigenvalue weighted by molar-refractivity contribution is -0.149. The Morgan fingerprint density at radius 3 is 2.45 bits per heavy atom. The van der Waals surface area contributed by atoms with Gasteiger partial charge in [-0.25, -0.2) is 0 Å². The molecule has 1 aromatic rings. The molecule has 3 heterocycles. The predicted octanol–water partition coefficient (Wildman–Crippen LogP) is 0.969. The molecule has 0 amide bonds. The number of alkyl halides is 3. The maximum absolute atomic E-state index is 12.7. The van der Waals surface area contributed by atoms with Crippen LogP contribution in [0.2, 0.25) is 0 Å². The van der Waals surface area contributed by atoms with Crippen LogP contribution in [0.4, 0.5) is 30.8 Å². The Morgan fingerprint density at radius 1 is 1.23 bits per heavy atom. The molecule has 5 N–H and O–H groups in total. The minimum Gasteiger partial charge on any atom is -0.484 e. The van der Waals surface area contributed by atoms with Crippen molar-refractivity contribution >= 4 is 17.6 Å². The summed E-state index contributed by atoms with van der Waals surface area (Å²) in [6.45, 7) is 1.08. The molecule has 2 aliphatic heterocycles. The van der Waals surface area contributed by atoms with Crippen LogP contribution >= 0.6 is 0 Å². The summed E-state index contributed by atoms with van der Waals surface area (Å²) in [4.78, 5) is 9.87. The van der Waals surface area contributed by atoms with Crippen LogP contribution in [0.15, 0.2) is 0 Å². The van der Waals surface area contributed by atoms with E-state index in [-0.39, 0.29) is 17.5 Å². The number of nitrogen functional groups attached to an aromatic ring is 1. The highest BCUT2D eigenvalue weighted by Gasteiger charge is 2.44. The molecule has 10 heteroatoms. The van der Waals surface area contributed by atoms with Gasteiger partial charge in [0.05, 0.1) is 0 Å². The van der Waals surface area contributed by atoms with Crippen molar-refractivity contribution in [3.8, 4) is 5.75 Å². The second-order valence-corrected chi connectivity index (χ2v) is 4.83. The first-order valence-electron chi connectivity index (χ1n) is 6.91. The minimum absolute atomic E-state index is 0.00738. The second-order valence-electron chi connectivity index (χ2n) is 4.83. The molecule has 1 saturated heterocycles. The summed E-state index contributed by atoms with van der Waals surface area (Å²) in [6.07, 6.45) is -2.38. The van der Waals surface area contributed by atoms with Gasteiger partial charge in [-0.3, -0.25) is 0 Å². The number of nitrogens with one attached hydrogen (secondary N) is 1. The van der Waals surface area contributed by atoms with E-state index in [0.717, 1.165) is 25.9 Å². The highest BCUT2D eigenvalue weighted by atomic mass is 19.4. The SMILES string of the molecule is CN.Nc1nc2c(c(N3CCCC3)n1)OCC(C(F)(F)F)N2. The van der Waals surface area contributed by atoms with Gasteiger partial charge in [0.15, 0.2) is 17.7 Å². The average molecular weight is 320 g/mol. The van der Waals surface area contributed by atoms with Crippen LogP contribution in [-0.2, 0) is 0 Å². The Labute approximate surface area is 125 Å². The van der Waals surface area contributed by atoms with Gasteiger partial charge in [0, 0.05) is 13.1 Å². The van der Waals surface area contributed by atoms with Crippen LogP contribution in [0.1, 0.15) is 12.8 Å². The number of halogens is 3. The van der Waals surface area contributed by atoms with Gasteiger partial charge in [-0.05, 0) is 19.9 Å². The molecule has 1 aromatic heterocycles. The zero-order valence-corrected chi connectivity index (χ0v) is 12.2. The van der Waals surface area contributed by atoms with Gasteiger partial charge in [-0.2, -0.15) is 23.1 Å². The molecule has 0 bridgehead atoms. The summed E-state index contributed by atoms with van der Waals surface area (Å²) < 4.78 is 43.4. The molecular formula is C12H19F3N6O.